The predicted molar refractivity (Wildman–Crippen MR) is 82.3 cm³/mol. The standard InChI is InChI=1S/C15H21FN2O2.ClH/c1-11(20-14-6-4-13(16)5-7-14)8-18-15(19)10-17-9-12-2-3-12;/h4-7,11-12,17H,2-3,8-10H2,1H3,(H,18,19);1H. The predicted octanol–water partition coefficient (Wildman–Crippen LogP) is 2.13. The Hall–Kier alpha value is -1.33. The molecule has 1 unspecified atom stereocenters. The minimum atomic E-state index is -0.292. The maximum Gasteiger partial charge on any atom is 0.234 e. The van der Waals surface area contributed by atoms with Gasteiger partial charge in [0.2, 0.25) is 5.91 Å². The van der Waals surface area contributed by atoms with Crippen molar-refractivity contribution < 1.29 is 13.9 Å². The quantitative estimate of drug-likeness (QED) is 0.772. The van der Waals surface area contributed by atoms with Crippen molar-refractivity contribution in [2.24, 2.45) is 5.92 Å². The maximum atomic E-state index is 12.7. The summed E-state index contributed by atoms with van der Waals surface area (Å²) < 4.78 is 18.3. The monoisotopic (exact) mass is 316 g/mol. The summed E-state index contributed by atoms with van der Waals surface area (Å²) in [4.78, 5) is 11.6. The molecule has 0 aliphatic heterocycles. The molecule has 0 saturated heterocycles. The zero-order chi connectivity index (χ0) is 14.4. The molecule has 0 heterocycles. The summed E-state index contributed by atoms with van der Waals surface area (Å²) in [5.41, 5.74) is 0. The van der Waals surface area contributed by atoms with Crippen LogP contribution in [0.1, 0.15) is 19.8 Å². The summed E-state index contributed by atoms with van der Waals surface area (Å²) in [6.07, 6.45) is 2.39. The molecule has 1 atom stereocenters. The summed E-state index contributed by atoms with van der Waals surface area (Å²) in [5.74, 6) is 1.05. The SMILES string of the molecule is CC(CNC(=O)CNCC1CC1)Oc1ccc(F)cc1.Cl. The summed E-state index contributed by atoms with van der Waals surface area (Å²) in [6, 6.07) is 5.85. The van der Waals surface area contributed by atoms with Crippen molar-refractivity contribution in [3.63, 3.8) is 0 Å². The Morgan fingerprint density at radius 3 is 2.67 bits per heavy atom. The zero-order valence-corrected chi connectivity index (χ0v) is 12.9. The third-order valence-corrected chi connectivity index (χ3v) is 3.15. The van der Waals surface area contributed by atoms with E-state index in [0.717, 1.165) is 12.5 Å². The highest BCUT2D eigenvalue weighted by Crippen LogP contribution is 2.27. The van der Waals surface area contributed by atoms with Crippen LogP contribution in [0.4, 0.5) is 4.39 Å². The molecule has 2 rings (SSSR count). The Kier molecular flexibility index (Phi) is 7.47. The first-order valence-corrected chi connectivity index (χ1v) is 7.03. The van der Waals surface area contributed by atoms with Crippen LogP contribution < -0.4 is 15.4 Å². The molecule has 1 aromatic rings. The van der Waals surface area contributed by atoms with Crippen molar-refractivity contribution >= 4 is 18.3 Å². The third-order valence-electron chi connectivity index (χ3n) is 3.15. The van der Waals surface area contributed by atoms with Gasteiger partial charge in [0.25, 0.3) is 0 Å². The maximum absolute atomic E-state index is 12.7. The van der Waals surface area contributed by atoms with Crippen LogP contribution >= 0.6 is 12.4 Å². The number of rotatable bonds is 8. The molecule has 6 heteroatoms. The van der Waals surface area contributed by atoms with Gasteiger partial charge in [0.1, 0.15) is 17.7 Å². The van der Waals surface area contributed by atoms with Gasteiger partial charge in [-0.25, -0.2) is 4.39 Å². The molecule has 1 aliphatic rings. The molecule has 0 radical (unpaired) electrons. The Labute approximate surface area is 130 Å². The average Bonchev–Trinajstić information content (AvgIpc) is 3.23. The highest BCUT2D eigenvalue weighted by molar-refractivity contribution is 5.85. The van der Waals surface area contributed by atoms with E-state index in [-0.39, 0.29) is 30.2 Å². The molecule has 4 nitrogen and oxygen atoms in total. The first kappa shape index (κ1) is 17.7. The first-order valence-electron chi connectivity index (χ1n) is 7.03. The molecule has 2 N–H and O–H groups in total. The third kappa shape index (κ3) is 7.29. The van der Waals surface area contributed by atoms with Crippen LogP contribution in [0.15, 0.2) is 24.3 Å². The van der Waals surface area contributed by atoms with Crippen molar-refractivity contribution in [2.45, 2.75) is 25.9 Å². The van der Waals surface area contributed by atoms with Crippen LogP contribution in [0.3, 0.4) is 0 Å². The van der Waals surface area contributed by atoms with E-state index in [9.17, 15) is 9.18 Å². The molecule has 118 valence electrons. The van der Waals surface area contributed by atoms with Crippen molar-refractivity contribution in [1.29, 1.82) is 0 Å². The molecular formula is C15H22ClFN2O2. The second-order valence-corrected chi connectivity index (χ2v) is 5.26. The molecule has 0 aromatic heterocycles. The molecule has 1 aliphatic carbocycles. The summed E-state index contributed by atoms with van der Waals surface area (Å²) in [6.45, 7) is 3.57. The average molecular weight is 317 g/mol. The molecule has 1 amide bonds. The van der Waals surface area contributed by atoms with E-state index in [1.165, 1.54) is 25.0 Å². The molecule has 0 spiro atoms. The molecular weight excluding hydrogens is 295 g/mol. The van der Waals surface area contributed by atoms with Crippen molar-refractivity contribution in [3.8, 4) is 5.75 Å². The van der Waals surface area contributed by atoms with Gasteiger partial charge in [0.15, 0.2) is 0 Å². The van der Waals surface area contributed by atoms with Gasteiger partial charge in [0, 0.05) is 0 Å². The highest BCUT2D eigenvalue weighted by Gasteiger charge is 2.20. The van der Waals surface area contributed by atoms with Crippen LogP contribution in [-0.4, -0.2) is 31.6 Å². The van der Waals surface area contributed by atoms with E-state index >= 15 is 0 Å². The molecule has 1 aromatic carbocycles. The lowest BCUT2D eigenvalue weighted by atomic mass is 10.3. The van der Waals surface area contributed by atoms with Gasteiger partial charge in [-0.2, -0.15) is 0 Å². The number of benzene rings is 1. The number of halogens is 2. The van der Waals surface area contributed by atoms with Crippen LogP contribution in [-0.2, 0) is 4.79 Å². The zero-order valence-electron chi connectivity index (χ0n) is 12.1. The number of carbonyl (C=O) groups excluding carboxylic acids is 1. The molecule has 0 bridgehead atoms. The van der Waals surface area contributed by atoms with Gasteiger partial charge in [-0.3, -0.25) is 4.79 Å². The van der Waals surface area contributed by atoms with E-state index in [1.807, 2.05) is 6.92 Å². The number of ether oxygens (including phenoxy) is 1. The number of hydrogen-bond acceptors (Lipinski definition) is 3. The van der Waals surface area contributed by atoms with Crippen molar-refractivity contribution in [1.82, 2.24) is 10.6 Å². The van der Waals surface area contributed by atoms with Gasteiger partial charge in [0.05, 0.1) is 13.1 Å². The molecule has 21 heavy (non-hydrogen) atoms. The minimum Gasteiger partial charge on any atom is -0.489 e. The topological polar surface area (TPSA) is 50.4 Å². The number of nitrogens with one attached hydrogen (secondary N) is 2. The molecule has 1 saturated carbocycles. The molecule has 1 fully saturated rings. The van der Waals surface area contributed by atoms with Crippen LogP contribution in [0.5, 0.6) is 5.75 Å². The fourth-order valence-electron chi connectivity index (χ4n) is 1.82. The second-order valence-electron chi connectivity index (χ2n) is 5.26. The Bertz CT molecular complexity index is 438. The number of amides is 1. The number of hydrogen-bond donors (Lipinski definition) is 2. The van der Waals surface area contributed by atoms with Gasteiger partial charge in [-0.05, 0) is 56.5 Å². The van der Waals surface area contributed by atoms with Crippen LogP contribution in [0.25, 0.3) is 0 Å². The van der Waals surface area contributed by atoms with Gasteiger partial charge in [-0.15, -0.1) is 12.4 Å². The van der Waals surface area contributed by atoms with Crippen LogP contribution in [0.2, 0.25) is 0 Å². The van der Waals surface area contributed by atoms with Gasteiger partial charge >= 0.3 is 0 Å². The van der Waals surface area contributed by atoms with E-state index in [1.54, 1.807) is 12.1 Å². The summed E-state index contributed by atoms with van der Waals surface area (Å²) in [7, 11) is 0. The Morgan fingerprint density at radius 1 is 1.38 bits per heavy atom. The van der Waals surface area contributed by atoms with Crippen LogP contribution in [0, 0.1) is 11.7 Å². The Balaban J connectivity index is 0.00000220. The largest absolute Gasteiger partial charge is 0.489 e. The van der Waals surface area contributed by atoms with E-state index in [4.69, 9.17) is 4.74 Å². The fourth-order valence-corrected chi connectivity index (χ4v) is 1.82. The summed E-state index contributed by atoms with van der Waals surface area (Å²) in [5, 5.41) is 5.94. The first-order chi connectivity index (χ1) is 9.63. The van der Waals surface area contributed by atoms with E-state index in [2.05, 4.69) is 10.6 Å². The highest BCUT2D eigenvalue weighted by atomic mass is 35.5. The van der Waals surface area contributed by atoms with E-state index < -0.39 is 0 Å². The smallest absolute Gasteiger partial charge is 0.234 e. The fraction of sp³-hybridized carbons (Fsp3) is 0.533. The minimum absolute atomic E-state index is 0. The van der Waals surface area contributed by atoms with Gasteiger partial charge < -0.3 is 15.4 Å². The Morgan fingerprint density at radius 2 is 2.05 bits per heavy atom. The lowest BCUT2D eigenvalue weighted by Gasteiger charge is -2.15. The van der Waals surface area contributed by atoms with E-state index in [0.29, 0.717) is 18.8 Å². The number of carbonyl (C=O) groups is 1. The van der Waals surface area contributed by atoms with Crippen molar-refractivity contribution in [2.75, 3.05) is 19.6 Å². The van der Waals surface area contributed by atoms with Gasteiger partial charge in [-0.1, -0.05) is 0 Å². The summed E-state index contributed by atoms with van der Waals surface area (Å²) >= 11 is 0. The van der Waals surface area contributed by atoms with Crippen molar-refractivity contribution in [3.05, 3.63) is 30.1 Å². The second kappa shape index (κ2) is 8.85. The lowest BCUT2D eigenvalue weighted by Crippen LogP contribution is -2.39. The lowest BCUT2D eigenvalue weighted by molar-refractivity contribution is -0.120. The normalized spacial score (nSPS) is 15.0.